The molecule has 0 amide bonds. The third kappa shape index (κ3) is 2.06. The van der Waals surface area contributed by atoms with Crippen LogP contribution < -0.4 is 11.2 Å². The van der Waals surface area contributed by atoms with Crippen molar-refractivity contribution in [2.45, 2.75) is 0 Å². The Kier molecular flexibility index (Phi) is 3.27. The number of aromatic amines is 1. The summed E-state index contributed by atoms with van der Waals surface area (Å²) < 4.78 is 14.4. The number of aromatic nitrogens is 2. The fraction of sp³-hybridized carbons (Fsp3) is 0. The smallest absolute Gasteiger partial charge is 0.335 e. The van der Waals surface area contributed by atoms with E-state index in [0.717, 1.165) is 0 Å². The molecule has 2 N–H and O–H groups in total. The van der Waals surface area contributed by atoms with Crippen molar-refractivity contribution in [3.63, 3.8) is 0 Å². The molecule has 1 aromatic carbocycles. The summed E-state index contributed by atoms with van der Waals surface area (Å²) in [5.41, 5.74) is -2.23. The molecule has 0 saturated carbocycles. The lowest BCUT2D eigenvalue weighted by atomic mass is 10.3. The van der Waals surface area contributed by atoms with Crippen molar-refractivity contribution in [2.24, 2.45) is 0 Å². The highest BCUT2D eigenvalue weighted by Gasteiger charge is 2.17. The van der Waals surface area contributed by atoms with Gasteiger partial charge in [-0.25, -0.2) is 9.36 Å². The van der Waals surface area contributed by atoms with Crippen molar-refractivity contribution in [3.05, 3.63) is 54.3 Å². The number of hydrogen-bond acceptors (Lipinski definition) is 3. The summed E-state index contributed by atoms with van der Waals surface area (Å²) in [6.45, 7) is 0. The van der Waals surface area contributed by atoms with Crippen LogP contribution in [0.5, 0.6) is 5.88 Å². The summed E-state index contributed by atoms with van der Waals surface area (Å²) in [4.78, 5) is 24.3. The van der Waals surface area contributed by atoms with Crippen LogP contribution in [0.4, 0.5) is 4.39 Å². The first-order chi connectivity index (χ1) is 8.41. The van der Waals surface area contributed by atoms with Crippen molar-refractivity contribution in [3.8, 4) is 11.6 Å². The number of hydrogen-bond donors (Lipinski definition) is 2. The number of nitrogens with one attached hydrogen (secondary N) is 1. The second-order valence-corrected chi connectivity index (χ2v) is 4.65. The Morgan fingerprint density at radius 2 is 2.06 bits per heavy atom. The van der Waals surface area contributed by atoms with Crippen molar-refractivity contribution < 1.29 is 9.50 Å². The molecule has 18 heavy (non-hydrogen) atoms. The minimum Gasteiger partial charge on any atom is -0.492 e. The van der Waals surface area contributed by atoms with Crippen molar-refractivity contribution in [1.82, 2.24) is 9.55 Å². The topological polar surface area (TPSA) is 75.1 Å². The summed E-state index contributed by atoms with van der Waals surface area (Å²) in [5.74, 6) is -2.55. The van der Waals surface area contributed by atoms with E-state index in [4.69, 9.17) is 11.6 Å². The first-order valence-electron chi connectivity index (χ1n) is 4.61. The van der Waals surface area contributed by atoms with Crippen LogP contribution in [-0.2, 0) is 0 Å². The molecule has 2 rings (SSSR count). The Hall–Kier alpha value is -1.60. The van der Waals surface area contributed by atoms with Gasteiger partial charge in [0.05, 0.1) is 10.7 Å². The Labute approximate surface area is 113 Å². The van der Waals surface area contributed by atoms with Gasteiger partial charge in [0.2, 0.25) is 11.7 Å². The summed E-state index contributed by atoms with van der Waals surface area (Å²) in [6, 6.07) is 4.47. The summed E-state index contributed by atoms with van der Waals surface area (Å²) in [6.07, 6.45) is 0. The molecule has 2 aromatic rings. The van der Waals surface area contributed by atoms with Gasteiger partial charge in [-0.2, -0.15) is 4.39 Å². The Balaban J connectivity index is 2.88. The van der Waals surface area contributed by atoms with Gasteiger partial charge in [0, 0.05) is 4.47 Å². The molecule has 8 heteroatoms. The molecule has 0 aliphatic heterocycles. The molecule has 0 spiro atoms. The summed E-state index contributed by atoms with van der Waals surface area (Å²) in [7, 11) is 0. The summed E-state index contributed by atoms with van der Waals surface area (Å²) in [5, 5.41) is 9.64. The number of H-pyrrole nitrogens is 1. The van der Waals surface area contributed by atoms with E-state index in [1.165, 1.54) is 12.1 Å². The van der Waals surface area contributed by atoms with Gasteiger partial charge in [-0.05, 0) is 18.2 Å². The molecule has 0 atom stereocenters. The van der Waals surface area contributed by atoms with Crippen molar-refractivity contribution >= 4 is 27.5 Å². The minimum absolute atomic E-state index is 0.0451. The normalized spacial score (nSPS) is 10.6. The number of aromatic hydroxyl groups is 1. The molecule has 0 unspecified atom stereocenters. The van der Waals surface area contributed by atoms with Crippen molar-refractivity contribution in [2.75, 3.05) is 0 Å². The standard InChI is InChI=1S/C10H5BrClFN2O3/c11-4-1-2-5(12)6(3-4)15-9(17)7(13)8(16)14-10(15)18/h1-3,17H,(H,14,16,18). The lowest BCUT2D eigenvalue weighted by Crippen LogP contribution is -2.31. The van der Waals surface area contributed by atoms with E-state index in [9.17, 15) is 19.1 Å². The second kappa shape index (κ2) is 4.58. The molecule has 1 heterocycles. The third-order valence-electron chi connectivity index (χ3n) is 2.18. The number of halogens is 3. The van der Waals surface area contributed by atoms with Crippen LogP contribution in [0, 0.1) is 5.82 Å². The monoisotopic (exact) mass is 334 g/mol. The Morgan fingerprint density at radius 3 is 2.72 bits per heavy atom. The lowest BCUT2D eigenvalue weighted by Gasteiger charge is -2.10. The largest absolute Gasteiger partial charge is 0.492 e. The molecule has 0 fully saturated rings. The lowest BCUT2D eigenvalue weighted by molar-refractivity contribution is 0.386. The van der Waals surface area contributed by atoms with Gasteiger partial charge in [0.15, 0.2) is 0 Å². The molecule has 94 valence electrons. The number of benzene rings is 1. The second-order valence-electron chi connectivity index (χ2n) is 3.33. The fourth-order valence-electron chi connectivity index (χ4n) is 1.38. The molecule has 5 nitrogen and oxygen atoms in total. The van der Waals surface area contributed by atoms with E-state index in [0.29, 0.717) is 9.04 Å². The Bertz CT molecular complexity index is 741. The predicted octanol–water partition coefficient (Wildman–Crippen LogP) is 1.79. The van der Waals surface area contributed by atoms with E-state index in [1.54, 1.807) is 11.1 Å². The van der Waals surface area contributed by atoms with Crippen molar-refractivity contribution in [1.29, 1.82) is 0 Å². The first kappa shape index (κ1) is 12.8. The molecule has 1 aromatic heterocycles. The molecular weight excluding hydrogens is 330 g/mol. The van der Waals surface area contributed by atoms with Gasteiger partial charge in [0.1, 0.15) is 0 Å². The van der Waals surface area contributed by atoms with Gasteiger partial charge in [-0.15, -0.1) is 0 Å². The van der Waals surface area contributed by atoms with Crippen LogP contribution in [0.15, 0.2) is 32.3 Å². The minimum atomic E-state index is -1.45. The van der Waals surface area contributed by atoms with E-state index in [1.807, 2.05) is 0 Å². The molecule has 0 bridgehead atoms. The SMILES string of the molecule is O=c1[nH]c(=O)n(-c2cc(Br)ccc2Cl)c(O)c1F. The third-order valence-corrected chi connectivity index (χ3v) is 2.99. The summed E-state index contributed by atoms with van der Waals surface area (Å²) >= 11 is 9.02. The van der Waals surface area contributed by atoms with Crippen LogP contribution in [0.1, 0.15) is 0 Å². The number of rotatable bonds is 1. The van der Waals surface area contributed by atoms with E-state index in [-0.39, 0.29) is 10.7 Å². The highest BCUT2D eigenvalue weighted by atomic mass is 79.9. The highest BCUT2D eigenvalue weighted by molar-refractivity contribution is 9.10. The molecule has 0 radical (unpaired) electrons. The van der Waals surface area contributed by atoms with Gasteiger partial charge in [-0.3, -0.25) is 9.78 Å². The molecule has 0 saturated heterocycles. The molecule has 0 aliphatic rings. The van der Waals surface area contributed by atoms with Crippen LogP contribution in [0.2, 0.25) is 5.02 Å². The maximum absolute atomic E-state index is 13.3. The maximum Gasteiger partial charge on any atom is 0.335 e. The van der Waals surface area contributed by atoms with Crippen LogP contribution in [0.25, 0.3) is 5.69 Å². The van der Waals surface area contributed by atoms with Crippen LogP contribution in [0.3, 0.4) is 0 Å². The Morgan fingerprint density at radius 1 is 1.39 bits per heavy atom. The van der Waals surface area contributed by atoms with Gasteiger partial charge in [0.25, 0.3) is 5.56 Å². The number of nitrogens with zero attached hydrogens (tertiary/aromatic N) is 1. The predicted molar refractivity (Wildman–Crippen MR) is 67.0 cm³/mol. The van der Waals surface area contributed by atoms with Crippen LogP contribution >= 0.6 is 27.5 Å². The van der Waals surface area contributed by atoms with Gasteiger partial charge < -0.3 is 5.11 Å². The molecular formula is C10H5BrClFN2O3. The van der Waals surface area contributed by atoms with E-state index < -0.39 is 22.9 Å². The highest BCUT2D eigenvalue weighted by Crippen LogP contribution is 2.26. The first-order valence-corrected chi connectivity index (χ1v) is 5.78. The van der Waals surface area contributed by atoms with Gasteiger partial charge >= 0.3 is 5.69 Å². The van der Waals surface area contributed by atoms with Gasteiger partial charge in [-0.1, -0.05) is 27.5 Å². The average Bonchev–Trinajstić information content (AvgIpc) is 2.31. The fourth-order valence-corrected chi connectivity index (χ4v) is 1.94. The van der Waals surface area contributed by atoms with Crippen LogP contribution in [-0.4, -0.2) is 14.7 Å². The van der Waals surface area contributed by atoms with E-state index >= 15 is 0 Å². The quantitative estimate of drug-likeness (QED) is 0.834. The zero-order valence-corrected chi connectivity index (χ0v) is 10.9. The zero-order chi connectivity index (χ0) is 13.4. The zero-order valence-electron chi connectivity index (χ0n) is 8.58. The average molecular weight is 336 g/mol. The maximum atomic E-state index is 13.3. The molecule has 0 aliphatic carbocycles. The van der Waals surface area contributed by atoms with E-state index in [2.05, 4.69) is 15.9 Å².